The third kappa shape index (κ3) is 3.29. The number of carbonyl (C=O) groups excluding carboxylic acids is 1. The molecule has 1 fully saturated rings. The zero-order chi connectivity index (χ0) is 16.4. The fourth-order valence-electron chi connectivity index (χ4n) is 3.22. The van der Waals surface area contributed by atoms with E-state index in [2.05, 4.69) is 10.6 Å². The van der Waals surface area contributed by atoms with Gasteiger partial charge in [-0.3, -0.25) is 4.79 Å². The van der Waals surface area contributed by atoms with E-state index in [1.54, 1.807) is 12.1 Å². The minimum Gasteiger partial charge on any atom is -0.350 e. The molecule has 4 nitrogen and oxygen atoms in total. The molecule has 1 aromatic heterocycles. The summed E-state index contributed by atoms with van der Waals surface area (Å²) >= 11 is 0. The average molecular weight is 315 g/mol. The monoisotopic (exact) mass is 315 g/mol. The molecule has 5 heteroatoms. The molecule has 1 amide bonds. The van der Waals surface area contributed by atoms with Crippen molar-refractivity contribution in [3.63, 3.8) is 0 Å². The molecule has 1 saturated heterocycles. The van der Waals surface area contributed by atoms with Crippen LogP contribution in [0, 0.1) is 19.7 Å². The molecular weight excluding hydrogens is 293 g/mol. The summed E-state index contributed by atoms with van der Waals surface area (Å²) in [4.78, 5) is 12.5. The lowest BCUT2D eigenvalue weighted by Gasteiger charge is -2.12. The molecule has 3 rings (SSSR count). The Bertz CT molecular complexity index is 700. The topological polar surface area (TPSA) is 46.1 Å². The van der Waals surface area contributed by atoms with E-state index >= 15 is 0 Å². The second-order valence-electron chi connectivity index (χ2n) is 6.10. The van der Waals surface area contributed by atoms with E-state index in [9.17, 15) is 9.18 Å². The van der Waals surface area contributed by atoms with Crippen LogP contribution in [-0.4, -0.2) is 29.6 Å². The summed E-state index contributed by atoms with van der Waals surface area (Å²) < 4.78 is 15.1. The molecule has 1 unspecified atom stereocenters. The van der Waals surface area contributed by atoms with E-state index in [1.807, 2.05) is 24.5 Å². The van der Waals surface area contributed by atoms with Crippen LogP contribution in [0.1, 0.15) is 34.6 Å². The van der Waals surface area contributed by atoms with E-state index in [0.29, 0.717) is 18.2 Å². The Hall–Kier alpha value is -2.14. The number of carbonyl (C=O) groups is 1. The Morgan fingerprint density at radius 2 is 2.09 bits per heavy atom. The van der Waals surface area contributed by atoms with Crippen LogP contribution in [0.4, 0.5) is 4.39 Å². The lowest BCUT2D eigenvalue weighted by Crippen LogP contribution is -2.37. The number of halogens is 1. The van der Waals surface area contributed by atoms with E-state index in [4.69, 9.17) is 0 Å². The summed E-state index contributed by atoms with van der Waals surface area (Å²) in [5.74, 6) is -0.321. The van der Waals surface area contributed by atoms with Gasteiger partial charge in [0.2, 0.25) is 0 Å². The highest BCUT2D eigenvalue weighted by Crippen LogP contribution is 2.21. The number of nitrogens with one attached hydrogen (secondary N) is 2. The third-order valence-electron chi connectivity index (χ3n) is 4.43. The number of aryl methyl sites for hydroxylation is 1. The summed E-state index contributed by atoms with van der Waals surface area (Å²) in [7, 11) is 0. The third-order valence-corrected chi connectivity index (χ3v) is 4.43. The lowest BCUT2D eigenvalue weighted by molar-refractivity contribution is 0.0949. The average Bonchev–Trinajstić information content (AvgIpc) is 3.14. The first-order chi connectivity index (χ1) is 11.1. The fourth-order valence-corrected chi connectivity index (χ4v) is 3.22. The molecule has 0 saturated carbocycles. The Balaban J connectivity index is 1.79. The first-order valence-corrected chi connectivity index (χ1v) is 8.02. The van der Waals surface area contributed by atoms with Crippen molar-refractivity contribution >= 4 is 5.91 Å². The van der Waals surface area contributed by atoms with Crippen molar-refractivity contribution in [1.82, 2.24) is 15.2 Å². The van der Waals surface area contributed by atoms with Crippen LogP contribution < -0.4 is 10.6 Å². The summed E-state index contributed by atoms with van der Waals surface area (Å²) in [6.45, 7) is 5.55. The SMILES string of the molecule is Cc1cc(C(=O)NCC2CCCN2)c(C)n1-c1ccc(F)cc1. The van der Waals surface area contributed by atoms with Crippen LogP contribution in [0.15, 0.2) is 30.3 Å². The van der Waals surface area contributed by atoms with Gasteiger partial charge in [-0.15, -0.1) is 0 Å². The number of rotatable bonds is 4. The highest BCUT2D eigenvalue weighted by Gasteiger charge is 2.19. The smallest absolute Gasteiger partial charge is 0.253 e. The van der Waals surface area contributed by atoms with Gasteiger partial charge in [-0.2, -0.15) is 0 Å². The van der Waals surface area contributed by atoms with Crippen LogP contribution in [0.3, 0.4) is 0 Å². The van der Waals surface area contributed by atoms with Gasteiger partial charge in [0, 0.05) is 29.7 Å². The van der Waals surface area contributed by atoms with E-state index in [1.165, 1.54) is 18.6 Å². The highest BCUT2D eigenvalue weighted by molar-refractivity contribution is 5.95. The van der Waals surface area contributed by atoms with Crippen LogP contribution in [0.2, 0.25) is 0 Å². The Morgan fingerprint density at radius 3 is 2.74 bits per heavy atom. The molecule has 0 bridgehead atoms. The van der Waals surface area contributed by atoms with Crippen molar-refractivity contribution in [3.8, 4) is 5.69 Å². The van der Waals surface area contributed by atoms with Gasteiger partial charge >= 0.3 is 0 Å². The predicted molar refractivity (Wildman–Crippen MR) is 88.6 cm³/mol. The zero-order valence-electron chi connectivity index (χ0n) is 13.5. The van der Waals surface area contributed by atoms with Crippen molar-refractivity contribution in [2.75, 3.05) is 13.1 Å². The Kier molecular flexibility index (Phi) is 4.48. The maximum absolute atomic E-state index is 13.1. The molecule has 1 aliphatic rings. The van der Waals surface area contributed by atoms with E-state index < -0.39 is 0 Å². The lowest BCUT2D eigenvalue weighted by atomic mass is 10.2. The summed E-state index contributed by atoms with van der Waals surface area (Å²) in [5, 5.41) is 6.38. The first kappa shape index (κ1) is 15.7. The molecule has 0 aliphatic carbocycles. The van der Waals surface area contributed by atoms with Gasteiger partial charge in [-0.05, 0) is 63.6 Å². The number of hydrogen-bond acceptors (Lipinski definition) is 2. The number of hydrogen-bond donors (Lipinski definition) is 2. The molecule has 0 radical (unpaired) electrons. The Labute approximate surface area is 135 Å². The van der Waals surface area contributed by atoms with Gasteiger partial charge < -0.3 is 15.2 Å². The minimum absolute atomic E-state index is 0.0554. The maximum atomic E-state index is 13.1. The second kappa shape index (κ2) is 6.54. The van der Waals surface area contributed by atoms with Gasteiger partial charge in [-0.1, -0.05) is 0 Å². The molecule has 1 aliphatic heterocycles. The molecule has 2 heterocycles. The molecule has 1 atom stereocenters. The van der Waals surface area contributed by atoms with Gasteiger partial charge in [0.15, 0.2) is 0 Å². The zero-order valence-corrected chi connectivity index (χ0v) is 13.5. The van der Waals surface area contributed by atoms with Crippen molar-refractivity contribution in [3.05, 3.63) is 53.1 Å². The number of amides is 1. The minimum atomic E-state index is -0.266. The van der Waals surface area contributed by atoms with Crippen molar-refractivity contribution in [2.45, 2.75) is 32.7 Å². The molecule has 122 valence electrons. The van der Waals surface area contributed by atoms with Crippen LogP contribution in [0.5, 0.6) is 0 Å². The molecular formula is C18H22FN3O. The predicted octanol–water partition coefficient (Wildman–Crippen LogP) is 2.72. The van der Waals surface area contributed by atoms with Crippen molar-refractivity contribution in [1.29, 1.82) is 0 Å². The summed E-state index contributed by atoms with van der Waals surface area (Å²) in [6, 6.07) is 8.56. The molecule has 0 spiro atoms. The molecule has 2 N–H and O–H groups in total. The standard InChI is InChI=1S/C18H22FN3O/c1-12-10-17(18(23)21-11-15-4-3-9-20-15)13(2)22(12)16-7-5-14(19)6-8-16/h5-8,10,15,20H,3-4,9,11H2,1-2H3,(H,21,23). The van der Waals surface area contributed by atoms with Crippen molar-refractivity contribution in [2.24, 2.45) is 0 Å². The number of benzene rings is 1. The quantitative estimate of drug-likeness (QED) is 0.911. The normalized spacial score (nSPS) is 17.4. The summed E-state index contributed by atoms with van der Waals surface area (Å²) in [5.41, 5.74) is 3.35. The number of aromatic nitrogens is 1. The Morgan fingerprint density at radius 1 is 1.35 bits per heavy atom. The maximum Gasteiger partial charge on any atom is 0.253 e. The van der Waals surface area contributed by atoms with E-state index in [-0.39, 0.29) is 11.7 Å². The highest BCUT2D eigenvalue weighted by atomic mass is 19.1. The van der Waals surface area contributed by atoms with Crippen molar-refractivity contribution < 1.29 is 9.18 Å². The van der Waals surface area contributed by atoms with E-state index in [0.717, 1.165) is 30.0 Å². The van der Waals surface area contributed by atoms with Crippen LogP contribution in [-0.2, 0) is 0 Å². The van der Waals surface area contributed by atoms with Gasteiger partial charge in [0.1, 0.15) is 5.82 Å². The van der Waals surface area contributed by atoms with Crippen LogP contribution >= 0.6 is 0 Å². The first-order valence-electron chi connectivity index (χ1n) is 8.02. The largest absolute Gasteiger partial charge is 0.350 e. The molecule has 2 aromatic rings. The van der Waals surface area contributed by atoms with Crippen LogP contribution in [0.25, 0.3) is 5.69 Å². The van der Waals surface area contributed by atoms with Gasteiger partial charge in [0.05, 0.1) is 5.56 Å². The molecule has 1 aromatic carbocycles. The second-order valence-corrected chi connectivity index (χ2v) is 6.10. The van der Waals surface area contributed by atoms with Gasteiger partial charge in [0.25, 0.3) is 5.91 Å². The fraction of sp³-hybridized carbons (Fsp3) is 0.389. The van der Waals surface area contributed by atoms with Gasteiger partial charge in [-0.25, -0.2) is 4.39 Å². The molecule has 23 heavy (non-hydrogen) atoms. The summed E-state index contributed by atoms with van der Waals surface area (Å²) in [6.07, 6.45) is 2.27. The number of nitrogens with zero attached hydrogens (tertiary/aromatic N) is 1.